The topological polar surface area (TPSA) is 63.4 Å². The lowest BCUT2D eigenvalue weighted by Crippen LogP contribution is -2.29. The molecule has 2 rings (SSSR count). The molecule has 0 spiro atoms. The molecule has 1 amide bonds. The lowest BCUT2D eigenvalue weighted by Gasteiger charge is -2.16. The van der Waals surface area contributed by atoms with Gasteiger partial charge in [0.1, 0.15) is 5.94 Å². The SMILES string of the molecule is CC(=C=O)[C@@H]1CCN(C(=O)c2cccc(CN)c2)C1. The lowest BCUT2D eigenvalue weighted by molar-refractivity contribution is 0.0789. The Labute approximate surface area is 112 Å². The Morgan fingerprint density at radius 2 is 2.32 bits per heavy atom. The molecular weight excluding hydrogens is 240 g/mol. The van der Waals surface area contributed by atoms with Crippen molar-refractivity contribution in [3.05, 3.63) is 41.0 Å². The number of hydrogen-bond acceptors (Lipinski definition) is 3. The third-order valence-electron chi connectivity index (χ3n) is 3.66. The van der Waals surface area contributed by atoms with E-state index in [1.165, 1.54) is 0 Å². The van der Waals surface area contributed by atoms with Crippen LogP contribution in [-0.2, 0) is 11.3 Å². The van der Waals surface area contributed by atoms with Gasteiger partial charge in [0.2, 0.25) is 0 Å². The summed E-state index contributed by atoms with van der Waals surface area (Å²) in [5.41, 5.74) is 7.89. The highest BCUT2D eigenvalue weighted by Gasteiger charge is 2.28. The van der Waals surface area contributed by atoms with Crippen molar-refractivity contribution >= 4 is 11.8 Å². The summed E-state index contributed by atoms with van der Waals surface area (Å²) in [5, 5.41) is 0. The van der Waals surface area contributed by atoms with Gasteiger partial charge in [0, 0.05) is 36.7 Å². The average molecular weight is 258 g/mol. The molecule has 0 aliphatic carbocycles. The number of nitrogens with zero attached hydrogens (tertiary/aromatic N) is 1. The molecule has 1 fully saturated rings. The maximum atomic E-state index is 12.3. The van der Waals surface area contributed by atoms with E-state index in [0.717, 1.165) is 12.0 Å². The van der Waals surface area contributed by atoms with Crippen molar-refractivity contribution < 1.29 is 9.59 Å². The zero-order valence-electron chi connectivity index (χ0n) is 11.1. The van der Waals surface area contributed by atoms with E-state index < -0.39 is 0 Å². The molecule has 0 unspecified atom stereocenters. The molecule has 1 aromatic rings. The second-order valence-electron chi connectivity index (χ2n) is 4.93. The minimum absolute atomic E-state index is 0.0106. The second-order valence-corrected chi connectivity index (χ2v) is 4.93. The van der Waals surface area contributed by atoms with Crippen LogP contribution in [0.1, 0.15) is 29.3 Å². The van der Waals surface area contributed by atoms with Crippen LogP contribution in [-0.4, -0.2) is 29.8 Å². The Balaban J connectivity index is 2.11. The molecule has 0 aromatic heterocycles. The maximum Gasteiger partial charge on any atom is 0.253 e. The van der Waals surface area contributed by atoms with E-state index >= 15 is 0 Å². The van der Waals surface area contributed by atoms with Crippen LogP contribution in [0.3, 0.4) is 0 Å². The number of carbonyl (C=O) groups excluding carboxylic acids is 2. The first kappa shape index (κ1) is 13.5. The normalized spacial score (nSPS) is 18.2. The fourth-order valence-electron chi connectivity index (χ4n) is 2.40. The van der Waals surface area contributed by atoms with E-state index in [1.54, 1.807) is 17.9 Å². The zero-order valence-corrected chi connectivity index (χ0v) is 11.1. The van der Waals surface area contributed by atoms with Crippen molar-refractivity contribution in [3.8, 4) is 0 Å². The van der Waals surface area contributed by atoms with Gasteiger partial charge in [-0.2, -0.15) is 0 Å². The first-order valence-corrected chi connectivity index (χ1v) is 6.45. The fourth-order valence-corrected chi connectivity index (χ4v) is 2.40. The van der Waals surface area contributed by atoms with Crippen molar-refractivity contribution in [1.29, 1.82) is 0 Å². The standard InChI is InChI=1S/C15H18N2O2/c1-11(10-18)14-5-6-17(9-14)15(19)13-4-2-3-12(7-13)8-16/h2-4,7,14H,5-6,8-9,16H2,1H3/t14-/m1/s1. The number of nitrogens with two attached hydrogens (primary N) is 1. The smallest absolute Gasteiger partial charge is 0.253 e. The Kier molecular flexibility index (Phi) is 4.15. The van der Waals surface area contributed by atoms with E-state index in [1.807, 2.05) is 24.1 Å². The fraction of sp³-hybridized carbons (Fsp3) is 0.400. The highest BCUT2D eigenvalue weighted by atomic mass is 16.2. The van der Waals surface area contributed by atoms with Crippen molar-refractivity contribution in [2.75, 3.05) is 13.1 Å². The van der Waals surface area contributed by atoms with Crippen molar-refractivity contribution in [2.24, 2.45) is 11.7 Å². The summed E-state index contributed by atoms with van der Waals surface area (Å²) in [6, 6.07) is 7.39. The predicted octanol–water partition coefficient (Wildman–Crippen LogP) is 1.39. The van der Waals surface area contributed by atoms with Gasteiger partial charge in [0.05, 0.1) is 0 Å². The summed E-state index contributed by atoms with van der Waals surface area (Å²) in [6.07, 6.45) is 0.837. The monoisotopic (exact) mass is 258 g/mol. The molecule has 1 aliphatic rings. The van der Waals surface area contributed by atoms with Crippen LogP contribution in [0, 0.1) is 5.92 Å². The number of benzene rings is 1. The molecule has 1 heterocycles. The number of hydrogen-bond donors (Lipinski definition) is 1. The summed E-state index contributed by atoms with van der Waals surface area (Å²) < 4.78 is 0. The van der Waals surface area contributed by atoms with Crippen LogP contribution in [0.5, 0.6) is 0 Å². The van der Waals surface area contributed by atoms with Crippen LogP contribution in [0.25, 0.3) is 0 Å². The summed E-state index contributed by atoms with van der Waals surface area (Å²) in [4.78, 5) is 24.8. The Bertz CT molecular complexity index is 533. The Morgan fingerprint density at radius 3 is 3.00 bits per heavy atom. The van der Waals surface area contributed by atoms with Crippen LogP contribution in [0.15, 0.2) is 29.8 Å². The minimum Gasteiger partial charge on any atom is -0.338 e. The first-order valence-electron chi connectivity index (χ1n) is 6.45. The summed E-state index contributed by atoms with van der Waals surface area (Å²) in [6.45, 7) is 3.50. The molecule has 19 heavy (non-hydrogen) atoms. The van der Waals surface area contributed by atoms with Crippen molar-refractivity contribution in [3.63, 3.8) is 0 Å². The van der Waals surface area contributed by atoms with Crippen LogP contribution in [0.4, 0.5) is 0 Å². The zero-order chi connectivity index (χ0) is 13.8. The maximum absolute atomic E-state index is 12.3. The van der Waals surface area contributed by atoms with E-state index in [4.69, 9.17) is 5.73 Å². The first-order chi connectivity index (χ1) is 9.15. The molecule has 1 aromatic carbocycles. The molecule has 0 radical (unpaired) electrons. The van der Waals surface area contributed by atoms with Crippen molar-refractivity contribution in [2.45, 2.75) is 19.9 Å². The van der Waals surface area contributed by atoms with E-state index in [9.17, 15) is 9.59 Å². The van der Waals surface area contributed by atoms with Gasteiger partial charge in [0.25, 0.3) is 5.91 Å². The van der Waals surface area contributed by atoms with Gasteiger partial charge in [-0.05, 0) is 31.0 Å². The van der Waals surface area contributed by atoms with Gasteiger partial charge in [-0.3, -0.25) is 4.79 Å². The summed E-state index contributed by atoms with van der Waals surface area (Å²) in [5.74, 6) is 2.10. The lowest BCUT2D eigenvalue weighted by atomic mass is 10.0. The molecule has 1 atom stereocenters. The van der Waals surface area contributed by atoms with Gasteiger partial charge in [-0.25, -0.2) is 4.79 Å². The summed E-state index contributed by atoms with van der Waals surface area (Å²) in [7, 11) is 0. The van der Waals surface area contributed by atoms with E-state index in [-0.39, 0.29) is 11.8 Å². The van der Waals surface area contributed by atoms with Gasteiger partial charge < -0.3 is 10.6 Å². The molecule has 0 bridgehead atoms. The average Bonchev–Trinajstić information content (AvgIpc) is 2.95. The van der Waals surface area contributed by atoms with Crippen LogP contribution in [0.2, 0.25) is 0 Å². The molecule has 1 saturated heterocycles. The largest absolute Gasteiger partial charge is 0.338 e. The van der Waals surface area contributed by atoms with Gasteiger partial charge in [0.15, 0.2) is 0 Å². The molecule has 4 nitrogen and oxygen atoms in total. The molecule has 4 heteroatoms. The predicted molar refractivity (Wildman–Crippen MR) is 73.2 cm³/mol. The molecule has 1 aliphatic heterocycles. The Morgan fingerprint density at radius 1 is 1.53 bits per heavy atom. The highest BCUT2D eigenvalue weighted by molar-refractivity contribution is 5.94. The molecule has 2 N–H and O–H groups in total. The highest BCUT2D eigenvalue weighted by Crippen LogP contribution is 2.23. The Hall–Kier alpha value is -1.90. The van der Waals surface area contributed by atoms with E-state index in [2.05, 4.69) is 0 Å². The third kappa shape index (κ3) is 2.92. The number of amides is 1. The second kappa shape index (κ2) is 5.83. The quantitative estimate of drug-likeness (QED) is 0.833. The molecular formula is C15H18N2O2. The van der Waals surface area contributed by atoms with Crippen LogP contribution >= 0.6 is 0 Å². The minimum atomic E-state index is 0.0106. The van der Waals surface area contributed by atoms with Gasteiger partial charge in [-0.15, -0.1) is 0 Å². The summed E-state index contributed by atoms with van der Waals surface area (Å²) >= 11 is 0. The van der Waals surface area contributed by atoms with E-state index in [0.29, 0.717) is 30.8 Å². The van der Waals surface area contributed by atoms with Crippen LogP contribution < -0.4 is 5.73 Å². The number of carbonyl (C=O) groups is 1. The van der Waals surface area contributed by atoms with Gasteiger partial charge in [-0.1, -0.05) is 12.1 Å². The molecule has 100 valence electrons. The number of likely N-dealkylation sites (tertiary alicyclic amines) is 1. The third-order valence-corrected chi connectivity index (χ3v) is 3.66. The number of rotatable bonds is 3. The van der Waals surface area contributed by atoms with Crippen molar-refractivity contribution in [1.82, 2.24) is 4.90 Å². The molecule has 0 saturated carbocycles. The van der Waals surface area contributed by atoms with Gasteiger partial charge >= 0.3 is 0 Å².